The van der Waals surface area contributed by atoms with E-state index in [9.17, 15) is 18.0 Å². The molecule has 1 heterocycles. The number of aliphatic carboxylic acids is 1. The van der Waals surface area contributed by atoms with Crippen molar-refractivity contribution in [3.8, 4) is 0 Å². The van der Waals surface area contributed by atoms with E-state index in [-0.39, 0.29) is 30.0 Å². The molecule has 0 bridgehead atoms. The second-order valence-corrected chi connectivity index (χ2v) is 6.83. The zero-order valence-electron chi connectivity index (χ0n) is 10.4. The molecule has 1 aliphatic heterocycles. The van der Waals surface area contributed by atoms with Crippen molar-refractivity contribution in [3.63, 3.8) is 0 Å². The molecule has 0 aromatic rings. The van der Waals surface area contributed by atoms with Crippen molar-refractivity contribution in [2.45, 2.75) is 25.4 Å². The van der Waals surface area contributed by atoms with Crippen molar-refractivity contribution in [1.29, 1.82) is 0 Å². The van der Waals surface area contributed by atoms with Crippen LogP contribution >= 0.6 is 0 Å². The van der Waals surface area contributed by atoms with Crippen LogP contribution in [-0.2, 0) is 19.4 Å². The van der Waals surface area contributed by atoms with E-state index in [1.807, 2.05) is 0 Å². The second kappa shape index (κ2) is 5.66. The van der Waals surface area contributed by atoms with Crippen LogP contribution < -0.4 is 5.32 Å². The van der Waals surface area contributed by atoms with Crippen LogP contribution in [0.15, 0.2) is 0 Å². The normalized spacial score (nSPS) is 23.8. The average Bonchev–Trinajstić information content (AvgIpc) is 2.56. The van der Waals surface area contributed by atoms with Crippen molar-refractivity contribution in [2.24, 2.45) is 0 Å². The summed E-state index contributed by atoms with van der Waals surface area (Å²) in [4.78, 5) is 23.7. The molecule has 0 aromatic carbocycles. The van der Waals surface area contributed by atoms with Crippen LogP contribution in [0.4, 0.5) is 0 Å². The van der Waals surface area contributed by atoms with Gasteiger partial charge < -0.3 is 10.4 Å². The molecule has 1 saturated heterocycles. The predicted molar refractivity (Wildman–Crippen MR) is 64.9 cm³/mol. The molecule has 0 saturated carbocycles. The number of carboxylic acid groups (broad SMARTS) is 1. The lowest BCUT2D eigenvalue weighted by Gasteiger charge is -2.21. The standard InChI is InChI=1S/C10H18N2O5S/c1-7(10(14)15)12(2)5-9(13)11-8-3-4-18(16,17)6-8/h7-8H,3-6H2,1-2H3,(H,11,13)(H,14,15). The van der Waals surface area contributed by atoms with Gasteiger partial charge in [-0.05, 0) is 20.4 Å². The Labute approximate surface area is 106 Å². The monoisotopic (exact) mass is 278 g/mol. The number of carbonyl (C=O) groups excluding carboxylic acids is 1. The fourth-order valence-electron chi connectivity index (χ4n) is 1.73. The Bertz CT molecular complexity index is 434. The molecular weight excluding hydrogens is 260 g/mol. The van der Waals surface area contributed by atoms with Crippen molar-refractivity contribution in [2.75, 3.05) is 25.1 Å². The summed E-state index contributed by atoms with van der Waals surface area (Å²) >= 11 is 0. The maximum absolute atomic E-state index is 11.6. The lowest BCUT2D eigenvalue weighted by atomic mass is 10.2. The fraction of sp³-hybridized carbons (Fsp3) is 0.800. The summed E-state index contributed by atoms with van der Waals surface area (Å²) in [5.74, 6) is -1.29. The number of amides is 1. The zero-order chi connectivity index (χ0) is 13.9. The number of carbonyl (C=O) groups is 2. The first-order valence-electron chi connectivity index (χ1n) is 5.64. The number of rotatable bonds is 5. The molecule has 0 spiro atoms. The van der Waals surface area contributed by atoms with Gasteiger partial charge in [0.15, 0.2) is 9.84 Å². The topological polar surface area (TPSA) is 104 Å². The summed E-state index contributed by atoms with van der Waals surface area (Å²) in [6, 6.07) is -1.11. The van der Waals surface area contributed by atoms with Gasteiger partial charge in [0.25, 0.3) is 0 Å². The maximum atomic E-state index is 11.6. The van der Waals surface area contributed by atoms with Gasteiger partial charge in [0, 0.05) is 6.04 Å². The van der Waals surface area contributed by atoms with Crippen LogP contribution in [0.2, 0.25) is 0 Å². The molecule has 2 N–H and O–H groups in total. The largest absolute Gasteiger partial charge is 0.480 e. The third kappa shape index (κ3) is 4.26. The van der Waals surface area contributed by atoms with E-state index in [0.29, 0.717) is 6.42 Å². The van der Waals surface area contributed by atoms with Gasteiger partial charge in [0.1, 0.15) is 6.04 Å². The molecule has 0 aromatic heterocycles. The molecule has 2 atom stereocenters. The van der Waals surface area contributed by atoms with E-state index in [1.54, 1.807) is 0 Å². The van der Waals surface area contributed by atoms with Crippen LogP contribution in [0.3, 0.4) is 0 Å². The Morgan fingerprint density at radius 3 is 2.56 bits per heavy atom. The van der Waals surface area contributed by atoms with Gasteiger partial charge in [-0.2, -0.15) is 0 Å². The summed E-state index contributed by atoms with van der Waals surface area (Å²) < 4.78 is 22.4. The number of hydrogen-bond acceptors (Lipinski definition) is 5. The highest BCUT2D eigenvalue weighted by Crippen LogP contribution is 2.11. The first-order chi connectivity index (χ1) is 8.21. The molecule has 18 heavy (non-hydrogen) atoms. The Balaban J connectivity index is 2.41. The van der Waals surface area contributed by atoms with Gasteiger partial charge in [-0.15, -0.1) is 0 Å². The third-order valence-corrected chi connectivity index (χ3v) is 4.78. The Morgan fingerprint density at radius 2 is 2.11 bits per heavy atom. The molecule has 0 aliphatic carbocycles. The lowest BCUT2D eigenvalue weighted by Crippen LogP contribution is -2.45. The van der Waals surface area contributed by atoms with Crippen molar-refractivity contribution in [3.05, 3.63) is 0 Å². The smallest absolute Gasteiger partial charge is 0.320 e. The molecule has 1 aliphatic rings. The third-order valence-electron chi connectivity index (χ3n) is 3.01. The summed E-state index contributed by atoms with van der Waals surface area (Å²) in [7, 11) is -1.49. The number of likely N-dealkylation sites (N-methyl/N-ethyl adjacent to an activating group) is 1. The molecular formula is C10H18N2O5S. The van der Waals surface area contributed by atoms with E-state index in [4.69, 9.17) is 5.11 Å². The van der Waals surface area contributed by atoms with Crippen LogP contribution in [-0.4, -0.2) is 67.5 Å². The van der Waals surface area contributed by atoms with Crippen molar-refractivity contribution in [1.82, 2.24) is 10.2 Å². The van der Waals surface area contributed by atoms with Crippen LogP contribution in [0.5, 0.6) is 0 Å². The van der Waals surface area contributed by atoms with Crippen LogP contribution in [0, 0.1) is 0 Å². The van der Waals surface area contributed by atoms with E-state index in [0.717, 1.165) is 0 Å². The minimum Gasteiger partial charge on any atom is -0.480 e. The molecule has 2 unspecified atom stereocenters. The first kappa shape index (κ1) is 14.9. The molecule has 8 heteroatoms. The van der Waals surface area contributed by atoms with Crippen LogP contribution in [0.1, 0.15) is 13.3 Å². The predicted octanol–water partition coefficient (Wildman–Crippen LogP) is -1.31. The van der Waals surface area contributed by atoms with Gasteiger partial charge in [-0.1, -0.05) is 0 Å². The number of carboxylic acids is 1. The number of hydrogen-bond donors (Lipinski definition) is 2. The number of sulfone groups is 1. The Morgan fingerprint density at radius 1 is 1.50 bits per heavy atom. The first-order valence-corrected chi connectivity index (χ1v) is 7.46. The van der Waals surface area contributed by atoms with Gasteiger partial charge in [0.2, 0.25) is 5.91 Å². The van der Waals surface area contributed by atoms with Gasteiger partial charge in [0.05, 0.1) is 18.1 Å². The minimum atomic E-state index is -3.02. The number of nitrogens with zero attached hydrogens (tertiary/aromatic N) is 1. The minimum absolute atomic E-state index is 0.0308. The van der Waals surface area contributed by atoms with Gasteiger partial charge in [-0.25, -0.2) is 8.42 Å². The summed E-state index contributed by atoms with van der Waals surface area (Å²) in [6.45, 7) is 1.42. The fourth-order valence-corrected chi connectivity index (χ4v) is 3.41. The van der Waals surface area contributed by atoms with Crippen molar-refractivity contribution >= 4 is 21.7 Å². The highest BCUT2D eigenvalue weighted by atomic mass is 32.2. The van der Waals surface area contributed by atoms with E-state index >= 15 is 0 Å². The van der Waals surface area contributed by atoms with E-state index in [2.05, 4.69) is 5.32 Å². The van der Waals surface area contributed by atoms with Crippen LogP contribution in [0.25, 0.3) is 0 Å². The average molecular weight is 278 g/mol. The molecule has 1 fully saturated rings. The SMILES string of the molecule is CC(C(=O)O)N(C)CC(=O)NC1CCS(=O)(=O)C1. The van der Waals surface area contributed by atoms with Crippen molar-refractivity contribution < 1.29 is 23.1 Å². The quantitative estimate of drug-likeness (QED) is 0.647. The van der Waals surface area contributed by atoms with E-state index in [1.165, 1.54) is 18.9 Å². The highest BCUT2D eigenvalue weighted by Gasteiger charge is 2.29. The summed E-state index contributed by atoms with van der Waals surface area (Å²) in [5.41, 5.74) is 0. The van der Waals surface area contributed by atoms with E-state index < -0.39 is 21.8 Å². The Kier molecular flexibility index (Phi) is 4.69. The molecule has 1 rings (SSSR count). The molecule has 1 amide bonds. The Hall–Kier alpha value is -1.15. The lowest BCUT2D eigenvalue weighted by molar-refractivity contribution is -0.142. The molecule has 7 nitrogen and oxygen atoms in total. The summed E-state index contributed by atoms with van der Waals surface area (Å²) in [6.07, 6.45) is 0.423. The maximum Gasteiger partial charge on any atom is 0.320 e. The summed E-state index contributed by atoms with van der Waals surface area (Å²) in [5, 5.41) is 11.4. The number of nitrogens with one attached hydrogen (secondary N) is 1. The molecule has 0 radical (unpaired) electrons. The van der Waals surface area contributed by atoms with Gasteiger partial charge in [-0.3, -0.25) is 14.5 Å². The second-order valence-electron chi connectivity index (χ2n) is 4.60. The van der Waals surface area contributed by atoms with Gasteiger partial charge >= 0.3 is 5.97 Å². The highest BCUT2D eigenvalue weighted by molar-refractivity contribution is 7.91. The zero-order valence-corrected chi connectivity index (χ0v) is 11.2. The molecule has 104 valence electrons.